The summed E-state index contributed by atoms with van der Waals surface area (Å²) in [7, 11) is 0. The van der Waals surface area contributed by atoms with E-state index in [4.69, 9.17) is 5.11 Å². The lowest BCUT2D eigenvalue weighted by Crippen LogP contribution is -2.34. The van der Waals surface area contributed by atoms with Crippen LogP contribution in [-0.2, 0) is 0 Å². The van der Waals surface area contributed by atoms with Gasteiger partial charge in [0, 0.05) is 13.1 Å². The van der Waals surface area contributed by atoms with E-state index in [1.807, 2.05) is 6.92 Å². The Morgan fingerprint density at radius 2 is 2.27 bits per heavy atom. The van der Waals surface area contributed by atoms with Crippen LogP contribution in [0, 0.1) is 6.92 Å². The minimum Gasteiger partial charge on any atom is -0.395 e. The lowest BCUT2D eigenvalue weighted by molar-refractivity contribution is 0.0726. The number of aryl methyl sites for hydroxylation is 1. The Bertz CT molecular complexity index is 321. The van der Waals surface area contributed by atoms with Gasteiger partial charge in [-0.25, -0.2) is 0 Å². The van der Waals surface area contributed by atoms with E-state index in [0.29, 0.717) is 23.7 Å². The first-order valence-electron chi connectivity index (χ1n) is 4.89. The average molecular weight is 229 g/mol. The SMILES string of the molecule is CCCN(CCO)C(=O)c1snnc1C. The van der Waals surface area contributed by atoms with Crippen LogP contribution in [0.15, 0.2) is 0 Å². The Hall–Kier alpha value is -1.01. The summed E-state index contributed by atoms with van der Waals surface area (Å²) < 4.78 is 3.73. The number of rotatable bonds is 5. The molecule has 0 fully saturated rings. The maximum absolute atomic E-state index is 12.0. The van der Waals surface area contributed by atoms with E-state index < -0.39 is 0 Å². The van der Waals surface area contributed by atoms with E-state index in [2.05, 4.69) is 9.59 Å². The van der Waals surface area contributed by atoms with E-state index in [9.17, 15) is 4.79 Å². The second-order valence-corrected chi connectivity index (χ2v) is 3.96. The van der Waals surface area contributed by atoms with Gasteiger partial charge in [-0.1, -0.05) is 11.4 Å². The van der Waals surface area contributed by atoms with Crippen molar-refractivity contribution in [2.24, 2.45) is 0 Å². The van der Waals surface area contributed by atoms with E-state index in [0.717, 1.165) is 18.0 Å². The number of aliphatic hydroxyl groups excluding tert-OH is 1. The first-order chi connectivity index (χ1) is 7.20. The fraction of sp³-hybridized carbons (Fsp3) is 0.667. The normalized spacial score (nSPS) is 10.3. The quantitative estimate of drug-likeness (QED) is 0.806. The molecule has 0 aliphatic rings. The molecule has 0 atom stereocenters. The molecule has 0 bridgehead atoms. The first-order valence-corrected chi connectivity index (χ1v) is 5.67. The van der Waals surface area contributed by atoms with Gasteiger partial charge in [0.15, 0.2) is 0 Å². The summed E-state index contributed by atoms with van der Waals surface area (Å²) in [6.07, 6.45) is 0.872. The van der Waals surface area contributed by atoms with E-state index in [1.165, 1.54) is 0 Å². The van der Waals surface area contributed by atoms with Gasteiger partial charge in [0.25, 0.3) is 5.91 Å². The Morgan fingerprint density at radius 3 is 2.73 bits per heavy atom. The maximum atomic E-state index is 12.0. The van der Waals surface area contributed by atoms with Gasteiger partial charge in [0.05, 0.1) is 12.3 Å². The molecule has 0 unspecified atom stereocenters. The lowest BCUT2D eigenvalue weighted by atomic mass is 10.3. The molecule has 0 aromatic carbocycles. The fourth-order valence-electron chi connectivity index (χ4n) is 1.28. The third-order valence-electron chi connectivity index (χ3n) is 2.00. The molecule has 1 N–H and O–H groups in total. The van der Waals surface area contributed by atoms with Gasteiger partial charge in [-0.05, 0) is 24.9 Å². The topological polar surface area (TPSA) is 66.3 Å². The second-order valence-electron chi connectivity index (χ2n) is 3.20. The van der Waals surface area contributed by atoms with E-state index in [-0.39, 0.29) is 12.5 Å². The number of amides is 1. The average Bonchev–Trinajstić information content (AvgIpc) is 2.63. The van der Waals surface area contributed by atoms with E-state index >= 15 is 0 Å². The maximum Gasteiger partial charge on any atom is 0.267 e. The van der Waals surface area contributed by atoms with Gasteiger partial charge in [0.1, 0.15) is 4.88 Å². The minimum absolute atomic E-state index is 0.0168. The Morgan fingerprint density at radius 1 is 1.53 bits per heavy atom. The molecule has 0 aliphatic heterocycles. The van der Waals surface area contributed by atoms with Crippen LogP contribution in [0.1, 0.15) is 28.7 Å². The van der Waals surface area contributed by atoms with Crippen molar-refractivity contribution in [3.63, 3.8) is 0 Å². The van der Waals surface area contributed by atoms with Gasteiger partial charge in [0.2, 0.25) is 0 Å². The predicted octanol–water partition coefficient (Wildman–Crippen LogP) is 0.691. The molecular weight excluding hydrogens is 214 g/mol. The lowest BCUT2D eigenvalue weighted by Gasteiger charge is -2.19. The highest BCUT2D eigenvalue weighted by Gasteiger charge is 2.19. The van der Waals surface area contributed by atoms with Crippen molar-refractivity contribution in [3.8, 4) is 0 Å². The van der Waals surface area contributed by atoms with Crippen LogP contribution >= 0.6 is 11.5 Å². The molecule has 1 aromatic rings. The number of carbonyl (C=O) groups is 1. The third-order valence-corrected chi connectivity index (χ3v) is 2.81. The van der Waals surface area contributed by atoms with Crippen LogP contribution < -0.4 is 0 Å². The Balaban J connectivity index is 2.76. The minimum atomic E-state index is -0.0848. The van der Waals surface area contributed by atoms with Crippen molar-refractivity contribution in [3.05, 3.63) is 10.6 Å². The van der Waals surface area contributed by atoms with Crippen LogP contribution in [0.5, 0.6) is 0 Å². The smallest absolute Gasteiger partial charge is 0.267 e. The molecule has 1 aromatic heterocycles. The third kappa shape index (κ3) is 2.97. The van der Waals surface area contributed by atoms with Crippen LogP contribution in [0.4, 0.5) is 0 Å². The van der Waals surface area contributed by atoms with Crippen LogP contribution in [0.2, 0.25) is 0 Å². The van der Waals surface area contributed by atoms with Gasteiger partial charge in [-0.3, -0.25) is 4.79 Å². The van der Waals surface area contributed by atoms with Gasteiger partial charge in [-0.15, -0.1) is 5.10 Å². The standard InChI is InChI=1S/C9H15N3O2S/c1-3-4-12(5-6-13)9(14)8-7(2)10-11-15-8/h13H,3-6H2,1-2H3. The molecule has 0 spiro atoms. The molecule has 0 radical (unpaired) electrons. The summed E-state index contributed by atoms with van der Waals surface area (Å²) in [6.45, 7) is 4.76. The molecule has 6 heteroatoms. The first kappa shape index (κ1) is 12.1. The molecule has 1 amide bonds. The summed E-state index contributed by atoms with van der Waals surface area (Å²) in [5.74, 6) is -0.0848. The molecule has 15 heavy (non-hydrogen) atoms. The summed E-state index contributed by atoms with van der Waals surface area (Å²) in [6, 6.07) is 0. The van der Waals surface area contributed by atoms with Crippen molar-refractivity contribution in [1.82, 2.24) is 14.5 Å². The highest BCUT2D eigenvalue weighted by Crippen LogP contribution is 2.12. The number of aromatic nitrogens is 2. The van der Waals surface area contributed by atoms with Crippen LogP contribution in [0.25, 0.3) is 0 Å². The van der Waals surface area contributed by atoms with Crippen molar-refractivity contribution in [2.75, 3.05) is 19.7 Å². The predicted molar refractivity (Wildman–Crippen MR) is 57.9 cm³/mol. The zero-order valence-electron chi connectivity index (χ0n) is 8.93. The zero-order chi connectivity index (χ0) is 11.3. The molecule has 0 saturated carbocycles. The van der Waals surface area contributed by atoms with Gasteiger partial charge < -0.3 is 10.0 Å². The van der Waals surface area contributed by atoms with Crippen LogP contribution in [-0.4, -0.2) is 45.2 Å². The van der Waals surface area contributed by atoms with Gasteiger partial charge >= 0.3 is 0 Å². The summed E-state index contributed by atoms with van der Waals surface area (Å²) in [4.78, 5) is 14.1. The van der Waals surface area contributed by atoms with E-state index in [1.54, 1.807) is 11.8 Å². The molecule has 5 nitrogen and oxygen atoms in total. The van der Waals surface area contributed by atoms with Crippen molar-refractivity contribution >= 4 is 17.4 Å². The number of carbonyl (C=O) groups excluding carboxylic acids is 1. The zero-order valence-corrected chi connectivity index (χ0v) is 9.75. The van der Waals surface area contributed by atoms with Crippen molar-refractivity contribution in [2.45, 2.75) is 20.3 Å². The molecule has 1 heterocycles. The summed E-state index contributed by atoms with van der Waals surface area (Å²) in [5, 5.41) is 12.7. The second kappa shape index (κ2) is 5.77. The highest BCUT2D eigenvalue weighted by atomic mass is 32.1. The largest absolute Gasteiger partial charge is 0.395 e. The number of nitrogens with zero attached hydrogens (tertiary/aromatic N) is 3. The highest BCUT2D eigenvalue weighted by molar-refractivity contribution is 7.07. The monoisotopic (exact) mass is 229 g/mol. The number of hydrogen-bond acceptors (Lipinski definition) is 5. The number of hydrogen-bond donors (Lipinski definition) is 1. The molecule has 84 valence electrons. The molecule has 0 aliphatic carbocycles. The number of aliphatic hydroxyl groups is 1. The van der Waals surface area contributed by atoms with Gasteiger partial charge in [-0.2, -0.15) is 0 Å². The molecular formula is C9H15N3O2S. The van der Waals surface area contributed by atoms with Crippen LogP contribution in [0.3, 0.4) is 0 Å². The molecule has 0 saturated heterocycles. The fourth-order valence-corrected chi connectivity index (χ4v) is 1.90. The van der Waals surface area contributed by atoms with Crippen molar-refractivity contribution in [1.29, 1.82) is 0 Å². The summed E-state index contributed by atoms with van der Waals surface area (Å²) in [5.41, 5.74) is 0.657. The Kier molecular flexibility index (Phi) is 4.64. The summed E-state index contributed by atoms with van der Waals surface area (Å²) >= 11 is 1.10. The Labute approximate surface area is 92.9 Å². The van der Waals surface area contributed by atoms with Crippen molar-refractivity contribution < 1.29 is 9.90 Å². The molecule has 1 rings (SSSR count).